The molecule has 0 saturated carbocycles. The first-order valence-electron chi connectivity index (χ1n) is 5.65. The second-order valence-corrected chi connectivity index (χ2v) is 4.71. The van der Waals surface area contributed by atoms with Gasteiger partial charge in [0.25, 0.3) is 0 Å². The Hall–Kier alpha value is -1.98. The molecule has 0 spiro atoms. The van der Waals surface area contributed by atoms with Gasteiger partial charge in [0.1, 0.15) is 11.3 Å². The molecular formula is C12H18N2O4. The van der Waals surface area contributed by atoms with Crippen molar-refractivity contribution in [3.8, 4) is 0 Å². The van der Waals surface area contributed by atoms with E-state index in [-0.39, 0.29) is 6.04 Å². The molecule has 0 bridgehead atoms. The number of rotatable bonds is 5. The maximum absolute atomic E-state index is 11.6. The average molecular weight is 254 g/mol. The topological polar surface area (TPSA) is 91.6 Å². The van der Waals surface area contributed by atoms with Crippen LogP contribution in [0, 0.1) is 0 Å². The summed E-state index contributed by atoms with van der Waals surface area (Å²) in [5, 5.41) is 13.9. The Morgan fingerprint density at radius 3 is 2.67 bits per heavy atom. The van der Waals surface area contributed by atoms with Gasteiger partial charge in [-0.25, -0.2) is 9.59 Å². The molecule has 2 amide bonds. The summed E-state index contributed by atoms with van der Waals surface area (Å²) in [4.78, 5) is 22.4. The van der Waals surface area contributed by atoms with Crippen molar-refractivity contribution in [3.63, 3.8) is 0 Å². The summed E-state index contributed by atoms with van der Waals surface area (Å²) < 4.78 is 5.16. The largest absolute Gasteiger partial charge is 0.480 e. The number of aliphatic carboxylic acids is 1. The van der Waals surface area contributed by atoms with Crippen LogP contribution in [0.1, 0.15) is 26.5 Å². The molecule has 0 saturated heterocycles. The Kier molecular flexibility index (Phi) is 4.36. The number of carboxylic acids is 1. The lowest BCUT2D eigenvalue weighted by Crippen LogP contribution is -2.54. The van der Waals surface area contributed by atoms with Gasteiger partial charge in [0.2, 0.25) is 0 Å². The lowest BCUT2D eigenvalue weighted by Gasteiger charge is -2.22. The molecule has 18 heavy (non-hydrogen) atoms. The number of nitrogens with one attached hydrogen (secondary N) is 2. The second kappa shape index (κ2) is 5.57. The predicted molar refractivity (Wildman–Crippen MR) is 65.3 cm³/mol. The molecule has 1 unspecified atom stereocenters. The van der Waals surface area contributed by atoms with Crippen molar-refractivity contribution < 1.29 is 19.1 Å². The van der Waals surface area contributed by atoms with E-state index in [9.17, 15) is 9.59 Å². The van der Waals surface area contributed by atoms with Crippen molar-refractivity contribution in [2.75, 3.05) is 0 Å². The number of hydrogen-bond donors (Lipinski definition) is 3. The molecule has 1 aromatic rings. The maximum atomic E-state index is 11.6. The molecule has 0 aromatic carbocycles. The number of furan rings is 1. The third-order valence-corrected chi connectivity index (χ3v) is 2.43. The minimum absolute atomic E-state index is 0.152. The summed E-state index contributed by atoms with van der Waals surface area (Å²) in [7, 11) is 0. The smallest absolute Gasteiger partial charge is 0.328 e. The van der Waals surface area contributed by atoms with E-state index >= 15 is 0 Å². The molecular weight excluding hydrogens is 236 g/mol. The SMILES string of the molecule is CC(Cc1ccco1)NC(=O)NC(C)(C)C(=O)O. The van der Waals surface area contributed by atoms with E-state index in [1.807, 2.05) is 13.0 Å². The molecule has 3 N–H and O–H groups in total. The van der Waals surface area contributed by atoms with Gasteiger partial charge < -0.3 is 20.2 Å². The number of amides is 2. The molecule has 6 heteroatoms. The molecule has 0 radical (unpaired) electrons. The van der Waals surface area contributed by atoms with Crippen molar-refractivity contribution in [2.24, 2.45) is 0 Å². The highest BCUT2D eigenvalue weighted by Crippen LogP contribution is 2.05. The summed E-state index contributed by atoms with van der Waals surface area (Å²) in [6.45, 7) is 4.66. The summed E-state index contributed by atoms with van der Waals surface area (Å²) in [6.07, 6.45) is 2.11. The average Bonchev–Trinajstić information content (AvgIpc) is 2.68. The molecule has 0 aliphatic carbocycles. The zero-order valence-electron chi connectivity index (χ0n) is 10.7. The van der Waals surface area contributed by atoms with Crippen LogP contribution in [0.25, 0.3) is 0 Å². The number of carboxylic acid groups (broad SMARTS) is 1. The summed E-state index contributed by atoms with van der Waals surface area (Å²) in [5.74, 6) is -0.323. The van der Waals surface area contributed by atoms with E-state index in [1.165, 1.54) is 13.8 Å². The lowest BCUT2D eigenvalue weighted by molar-refractivity contribution is -0.142. The monoisotopic (exact) mass is 254 g/mol. The molecule has 1 aromatic heterocycles. The Morgan fingerprint density at radius 1 is 1.50 bits per heavy atom. The van der Waals surface area contributed by atoms with Gasteiger partial charge in [-0.05, 0) is 32.9 Å². The lowest BCUT2D eigenvalue weighted by atomic mass is 10.1. The fraction of sp³-hybridized carbons (Fsp3) is 0.500. The standard InChI is InChI=1S/C12H18N2O4/c1-8(7-9-5-4-6-18-9)13-11(17)14-12(2,3)10(15)16/h4-6,8H,7H2,1-3H3,(H,15,16)(H2,13,14,17). The maximum Gasteiger partial charge on any atom is 0.328 e. The van der Waals surface area contributed by atoms with Crippen LogP contribution in [0.3, 0.4) is 0 Å². The molecule has 0 aliphatic rings. The number of urea groups is 1. The Balaban J connectivity index is 2.43. The number of carbonyl (C=O) groups excluding carboxylic acids is 1. The van der Waals surface area contributed by atoms with Gasteiger partial charge >= 0.3 is 12.0 Å². The van der Waals surface area contributed by atoms with Gasteiger partial charge in [-0.2, -0.15) is 0 Å². The first-order valence-corrected chi connectivity index (χ1v) is 5.65. The number of carbonyl (C=O) groups is 2. The van der Waals surface area contributed by atoms with Crippen molar-refractivity contribution in [1.29, 1.82) is 0 Å². The third kappa shape index (κ3) is 4.12. The van der Waals surface area contributed by atoms with E-state index in [1.54, 1.807) is 12.3 Å². The van der Waals surface area contributed by atoms with Gasteiger partial charge in [-0.15, -0.1) is 0 Å². The fourth-order valence-electron chi connectivity index (χ4n) is 1.38. The zero-order valence-corrected chi connectivity index (χ0v) is 10.7. The van der Waals surface area contributed by atoms with Gasteiger partial charge in [0.05, 0.1) is 6.26 Å². The van der Waals surface area contributed by atoms with Crippen LogP contribution in [0.2, 0.25) is 0 Å². The Morgan fingerprint density at radius 2 is 2.17 bits per heavy atom. The van der Waals surface area contributed by atoms with E-state index in [0.717, 1.165) is 5.76 Å². The molecule has 100 valence electrons. The molecule has 6 nitrogen and oxygen atoms in total. The minimum Gasteiger partial charge on any atom is -0.480 e. The highest BCUT2D eigenvalue weighted by molar-refractivity contribution is 5.85. The Bertz CT molecular complexity index is 412. The van der Waals surface area contributed by atoms with Gasteiger partial charge in [0.15, 0.2) is 0 Å². The van der Waals surface area contributed by atoms with Crippen LogP contribution in [-0.2, 0) is 11.2 Å². The van der Waals surface area contributed by atoms with E-state index < -0.39 is 17.5 Å². The molecule has 0 aliphatic heterocycles. The minimum atomic E-state index is -1.30. The summed E-state index contributed by atoms with van der Waals surface area (Å²) >= 11 is 0. The van der Waals surface area contributed by atoms with Crippen LogP contribution < -0.4 is 10.6 Å². The quantitative estimate of drug-likeness (QED) is 0.740. The van der Waals surface area contributed by atoms with Crippen LogP contribution >= 0.6 is 0 Å². The first-order chi connectivity index (χ1) is 8.31. The van der Waals surface area contributed by atoms with Crippen molar-refractivity contribution in [1.82, 2.24) is 10.6 Å². The first kappa shape index (κ1) is 14.1. The van der Waals surface area contributed by atoms with Gasteiger partial charge in [-0.1, -0.05) is 0 Å². The van der Waals surface area contributed by atoms with Crippen LogP contribution in [0.15, 0.2) is 22.8 Å². The number of hydrogen-bond acceptors (Lipinski definition) is 3. The van der Waals surface area contributed by atoms with Crippen LogP contribution in [0.4, 0.5) is 4.79 Å². The predicted octanol–water partition coefficient (Wildman–Crippen LogP) is 1.37. The van der Waals surface area contributed by atoms with E-state index in [2.05, 4.69) is 10.6 Å². The Labute approximate surface area is 105 Å². The van der Waals surface area contributed by atoms with Crippen molar-refractivity contribution >= 4 is 12.0 Å². The van der Waals surface area contributed by atoms with Crippen molar-refractivity contribution in [3.05, 3.63) is 24.2 Å². The normalized spacial score (nSPS) is 12.8. The molecule has 0 fully saturated rings. The second-order valence-electron chi connectivity index (χ2n) is 4.71. The molecule has 1 atom stereocenters. The van der Waals surface area contributed by atoms with Gasteiger partial charge in [-0.3, -0.25) is 0 Å². The van der Waals surface area contributed by atoms with Crippen LogP contribution in [-0.4, -0.2) is 28.7 Å². The van der Waals surface area contributed by atoms with Gasteiger partial charge in [0, 0.05) is 12.5 Å². The molecule has 1 heterocycles. The highest BCUT2D eigenvalue weighted by atomic mass is 16.4. The summed E-state index contributed by atoms with van der Waals surface area (Å²) in [6, 6.07) is 2.93. The van der Waals surface area contributed by atoms with E-state index in [4.69, 9.17) is 9.52 Å². The molecule has 1 rings (SSSR count). The third-order valence-electron chi connectivity index (χ3n) is 2.43. The van der Waals surface area contributed by atoms with E-state index in [0.29, 0.717) is 6.42 Å². The van der Waals surface area contributed by atoms with Crippen LogP contribution in [0.5, 0.6) is 0 Å². The van der Waals surface area contributed by atoms with Crippen molar-refractivity contribution in [2.45, 2.75) is 38.8 Å². The fourth-order valence-corrected chi connectivity index (χ4v) is 1.38. The zero-order chi connectivity index (χ0) is 13.8. The summed E-state index contributed by atoms with van der Waals surface area (Å²) in [5.41, 5.74) is -1.30. The highest BCUT2D eigenvalue weighted by Gasteiger charge is 2.29.